The SMILES string of the molecule is CC1(C)Oc2ccc(Cl)cc2N(CCC(=O)Nc2ccc(N3CCCC3)cc2)C1=O. The average molecular weight is 428 g/mol. The molecule has 0 saturated carbocycles. The van der Waals surface area contributed by atoms with Crippen LogP contribution in [0.5, 0.6) is 5.75 Å². The van der Waals surface area contributed by atoms with Crippen LogP contribution in [0.4, 0.5) is 17.1 Å². The fourth-order valence-corrected chi connectivity index (χ4v) is 4.10. The highest BCUT2D eigenvalue weighted by molar-refractivity contribution is 6.31. The van der Waals surface area contributed by atoms with Crippen LogP contribution in [0.3, 0.4) is 0 Å². The molecule has 2 amide bonds. The van der Waals surface area contributed by atoms with Gasteiger partial charge in [-0.2, -0.15) is 0 Å². The Morgan fingerprint density at radius 2 is 1.83 bits per heavy atom. The lowest BCUT2D eigenvalue weighted by Gasteiger charge is -2.38. The lowest BCUT2D eigenvalue weighted by molar-refractivity contribution is -0.132. The van der Waals surface area contributed by atoms with Gasteiger partial charge in [0.15, 0.2) is 5.60 Å². The van der Waals surface area contributed by atoms with Crippen LogP contribution in [0.25, 0.3) is 0 Å². The molecule has 0 radical (unpaired) electrons. The summed E-state index contributed by atoms with van der Waals surface area (Å²) in [5.41, 5.74) is 1.53. The van der Waals surface area contributed by atoms with E-state index in [1.54, 1.807) is 36.9 Å². The molecule has 1 N–H and O–H groups in total. The van der Waals surface area contributed by atoms with Crippen molar-refractivity contribution in [3.8, 4) is 5.75 Å². The number of nitrogens with zero attached hydrogens (tertiary/aromatic N) is 2. The number of nitrogens with one attached hydrogen (secondary N) is 1. The van der Waals surface area contributed by atoms with Crippen LogP contribution in [0, 0.1) is 0 Å². The Morgan fingerprint density at radius 1 is 1.13 bits per heavy atom. The lowest BCUT2D eigenvalue weighted by Crippen LogP contribution is -2.53. The van der Waals surface area contributed by atoms with E-state index < -0.39 is 5.60 Å². The van der Waals surface area contributed by atoms with Gasteiger partial charge in [-0.3, -0.25) is 9.59 Å². The van der Waals surface area contributed by atoms with Gasteiger partial charge in [-0.25, -0.2) is 0 Å². The number of amides is 2. The minimum absolute atomic E-state index is 0.149. The van der Waals surface area contributed by atoms with Crippen molar-refractivity contribution in [3.05, 3.63) is 47.5 Å². The highest BCUT2D eigenvalue weighted by atomic mass is 35.5. The summed E-state index contributed by atoms with van der Waals surface area (Å²) in [5, 5.41) is 3.43. The fraction of sp³-hybridized carbons (Fsp3) is 0.391. The summed E-state index contributed by atoms with van der Waals surface area (Å²) in [5.74, 6) is 0.242. The summed E-state index contributed by atoms with van der Waals surface area (Å²) >= 11 is 6.11. The molecule has 0 aliphatic carbocycles. The minimum atomic E-state index is -0.997. The summed E-state index contributed by atoms with van der Waals surface area (Å²) in [7, 11) is 0. The van der Waals surface area contributed by atoms with Crippen LogP contribution in [0.2, 0.25) is 5.02 Å². The molecule has 2 aromatic rings. The number of rotatable bonds is 5. The molecule has 2 aliphatic heterocycles. The predicted molar refractivity (Wildman–Crippen MR) is 120 cm³/mol. The van der Waals surface area contributed by atoms with Gasteiger partial charge in [0.2, 0.25) is 5.91 Å². The van der Waals surface area contributed by atoms with Gasteiger partial charge < -0.3 is 19.9 Å². The molecule has 4 rings (SSSR count). The molecule has 2 aromatic carbocycles. The average Bonchev–Trinajstić information content (AvgIpc) is 3.24. The first-order valence-corrected chi connectivity index (χ1v) is 10.7. The van der Waals surface area contributed by atoms with Crippen molar-refractivity contribution in [1.29, 1.82) is 0 Å². The zero-order valence-corrected chi connectivity index (χ0v) is 18.0. The van der Waals surface area contributed by atoms with Gasteiger partial charge in [-0.15, -0.1) is 0 Å². The Kier molecular flexibility index (Phi) is 5.60. The first-order chi connectivity index (χ1) is 14.3. The zero-order valence-electron chi connectivity index (χ0n) is 17.3. The Hall–Kier alpha value is -2.73. The van der Waals surface area contributed by atoms with E-state index >= 15 is 0 Å². The second-order valence-electron chi connectivity index (χ2n) is 8.22. The van der Waals surface area contributed by atoms with Crippen molar-refractivity contribution < 1.29 is 14.3 Å². The van der Waals surface area contributed by atoms with E-state index in [-0.39, 0.29) is 24.8 Å². The number of benzene rings is 2. The Labute approximate surface area is 181 Å². The highest BCUT2D eigenvalue weighted by Gasteiger charge is 2.40. The van der Waals surface area contributed by atoms with E-state index in [2.05, 4.69) is 10.2 Å². The molecular weight excluding hydrogens is 402 g/mol. The van der Waals surface area contributed by atoms with Gasteiger partial charge >= 0.3 is 0 Å². The van der Waals surface area contributed by atoms with Crippen molar-refractivity contribution in [2.24, 2.45) is 0 Å². The molecule has 0 spiro atoms. The van der Waals surface area contributed by atoms with Crippen LogP contribution in [0.1, 0.15) is 33.1 Å². The molecule has 2 aliphatic rings. The Morgan fingerprint density at radius 3 is 2.53 bits per heavy atom. The molecule has 1 saturated heterocycles. The maximum atomic E-state index is 12.9. The van der Waals surface area contributed by atoms with Gasteiger partial charge in [0.1, 0.15) is 5.75 Å². The molecule has 0 bridgehead atoms. The van der Waals surface area contributed by atoms with Gasteiger partial charge in [0.05, 0.1) is 5.69 Å². The third-order valence-electron chi connectivity index (χ3n) is 5.52. The van der Waals surface area contributed by atoms with E-state index in [0.717, 1.165) is 18.8 Å². The van der Waals surface area contributed by atoms with E-state index in [0.29, 0.717) is 16.5 Å². The fourth-order valence-electron chi connectivity index (χ4n) is 3.93. The number of hydrogen-bond acceptors (Lipinski definition) is 4. The molecule has 0 unspecified atom stereocenters. The van der Waals surface area contributed by atoms with Crippen molar-refractivity contribution in [3.63, 3.8) is 0 Å². The third-order valence-corrected chi connectivity index (χ3v) is 5.76. The number of carbonyl (C=O) groups is 2. The minimum Gasteiger partial charge on any atom is -0.476 e. The molecular formula is C23H26ClN3O3. The van der Waals surface area contributed by atoms with E-state index in [1.165, 1.54) is 18.5 Å². The number of anilines is 3. The maximum absolute atomic E-state index is 12.9. The third kappa shape index (κ3) is 4.24. The van der Waals surface area contributed by atoms with Gasteiger partial charge in [0, 0.05) is 42.5 Å². The molecule has 7 heteroatoms. The molecule has 30 heavy (non-hydrogen) atoms. The van der Waals surface area contributed by atoms with Crippen LogP contribution < -0.4 is 19.9 Å². The predicted octanol–water partition coefficient (Wildman–Crippen LogP) is 4.47. The van der Waals surface area contributed by atoms with Crippen molar-refractivity contribution in [1.82, 2.24) is 0 Å². The van der Waals surface area contributed by atoms with Crippen molar-refractivity contribution in [2.75, 3.05) is 34.8 Å². The number of carbonyl (C=O) groups excluding carboxylic acids is 2. The van der Waals surface area contributed by atoms with Gasteiger partial charge in [0.25, 0.3) is 5.91 Å². The van der Waals surface area contributed by atoms with Crippen LogP contribution in [0.15, 0.2) is 42.5 Å². The molecule has 0 aromatic heterocycles. The maximum Gasteiger partial charge on any atom is 0.270 e. The molecule has 158 valence electrons. The summed E-state index contributed by atoms with van der Waals surface area (Å²) in [6.45, 7) is 5.86. The smallest absolute Gasteiger partial charge is 0.270 e. The van der Waals surface area contributed by atoms with Crippen molar-refractivity contribution >= 4 is 40.5 Å². The normalized spacial score (nSPS) is 17.5. The topological polar surface area (TPSA) is 61.9 Å². The summed E-state index contributed by atoms with van der Waals surface area (Å²) < 4.78 is 5.82. The second-order valence-corrected chi connectivity index (χ2v) is 8.66. The first-order valence-electron chi connectivity index (χ1n) is 10.3. The van der Waals surface area contributed by atoms with Gasteiger partial charge in [-0.05, 0) is 69.2 Å². The van der Waals surface area contributed by atoms with E-state index in [1.807, 2.05) is 24.3 Å². The second kappa shape index (κ2) is 8.19. The highest BCUT2D eigenvalue weighted by Crippen LogP contribution is 2.39. The largest absolute Gasteiger partial charge is 0.476 e. The van der Waals surface area contributed by atoms with Gasteiger partial charge in [-0.1, -0.05) is 11.6 Å². The summed E-state index contributed by atoms with van der Waals surface area (Å²) in [6.07, 6.45) is 2.62. The monoisotopic (exact) mass is 427 g/mol. The number of ether oxygens (including phenoxy) is 1. The standard InChI is InChI=1S/C23H26ClN3O3/c1-23(2)22(29)27(19-15-16(24)5-10-20(19)30-23)14-11-21(28)25-17-6-8-18(9-7-17)26-12-3-4-13-26/h5-10,15H,3-4,11-14H2,1-2H3,(H,25,28). The van der Waals surface area contributed by atoms with Crippen LogP contribution in [-0.4, -0.2) is 37.0 Å². The van der Waals surface area contributed by atoms with E-state index in [9.17, 15) is 9.59 Å². The quantitative estimate of drug-likeness (QED) is 0.764. The van der Waals surface area contributed by atoms with E-state index in [4.69, 9.17) is 16.3 Å². The lowest BCUT2D eigenvalue weighted by atomic mass is 10.0. The van der Waals surface area contributed by atoms with Crippen molar-refractivity contribution in [2.45, 2.75) is 38.7 Å². The van der Waals surface area contributed by atoms with Crippen LogP contribution >= 0.6 is 11.6 Å². The molecule has 6 nitrogen and oxygen atoms in total. The number of halogens is 1. The summed E-state index contributed by atoms with van der Waals surface area (Å²) in [4.78, 5) is 29.3. The molecule has 1 fully saturated rings. The number of fused-ring (bicyclic) bond motifs is 1. The zero-order chi connectivity index (χ0) is 21.3. The first kappa shape index (κ1) is 20.5. The molecule has 0 atom stereocenters. The molecule has 2 heterocycles. The number of hydrogen-bond donors (Lipinski definition) is 1. The Bertz CT molecular complexity index is 953. The summed E-state index contributed by atoms with van der Waals surface area (Å²) in [6, 6.07) is 13.1. The Balaban J connectivity index is 1.40. The van der Waals surface area contributed by atoms with Crippen LogP contribution in [-0.2, 0) is 9.59 Å².